The van der Waals surface area contributed by atoms with Crippen molar-refractivity contribution in [2.45, 2.75) is 33.1 Å². The van der Waals surface area contributed by atoms with E-state index >= 15 is 0 Å². The van der Waals surface area contributed by atoms with Crippen LogP contribution in [0.3, 0.4) is 0 Å². The molecule has 0 aliphatic carbocycles. The Bertz CT molecular complexity index is 232. The van der Waals surface area contributed by atoms with Gasteiger partial charge in [0.1, 0.15) is 5.41 Å². The molecule has 0 aromatic rings. The Morgan fingerprint density at radius 2 is 1.93 bits per heavy atom. The van der Waals surface area contributed by atoms with E-state index in [0.717, 1.165) is 0 Å². The maximum absolute atomic E-state index is 11.7. The van der Waals surface area contributed by atoms with Crippen LogP contribution in [0.4, 0.5) is 0 Å². The maximum atomic E-state index is 11.7. The van der Waals surface area contributed by atoms with Gasteiger partial charge in [0, 0.05) is 6.42 Å². The van der Waals surface area contributed by atoms with Crippen LogP contribution in [-0.4, -0.2) is 11.8 Å². The van der Waals surface area contributed by atoms with E-state index in [0.29, 0.717) is 12.8 Å². The summed E-state index contributed by atoms with van der Waals surface area (Å²) in [6.07, 6.45) is 2.43. The highest BCUT2D eigenvalue weighted by Crippen LogP contribution is 2.30. The summed E-state index contributed by atoms with van der Waals surface area (Å²) in [5.41, 5.74) is -1.09. The molecule has 80 valence electrons. The molecule has 0 heterocycles. The summed E-state index contributed by atoms with van der Waals surface area (Å²) in [4.78, 5) is 27.3. The van der Waals surface area contributed by atoms with Crippen molar-refractivity contribution in [3.63, 3.8) is 0 Å². The van der Waals surface area contributed by atoms with E-state index in [9.17, 15) is 9.59 Å². The second kappa shape index (κ2) is 5.54. The lowest BCUT2D eigenvalue weighted by Gasteiger charge is -2.25. The molecule has 0 aliphatic heterocycles. The van der Waals surface area contributed by atoms with Crippen LogP contribution in [0.15, 0.2) is 12.7 Å². The molecule has 0 aromatic heterocycles. The first-order valence-corrected chi connectivity index (χ1v) is 4.64. The van der Waals surface area contributed by atoms with E-state index in [4.69, 9.17) is 5.90 Å². The molecule has 0 radical (unpaired) electrons. The summed E-state index contributed by atoms with van der Waals surface area (Å²) in [6, 6.07) is 0. The van der Waals surface area contributed by atoms with Crippen LogP contribution >= 0.6 is 0 Å². The van der Waals surface area contributed by atoms with Crippen molar-refractivity contribution in [3.05, 3.63) is 12.7 Å². The van der Waals surface area contributed by atoms with E-state index < -0.39 is 11.4 Å². The van der Waals surface area contributed by atoms with Gasteiger partial charge in [-0.1, -0.05) is 19.9 Å². The van der Waals surface area contributed by atoms with Crippen LogP contribution in [-0.2, 0) is 14.4 Å². The third-order valence-corrected chi connectivity index (χ3v) is 2.57. The average molecular weight is 199 g/mol. The van der Waals surface area contributed by atoms with Gasteiger partial charge < -0.3 is 4.84 Å². The number of carbonyl (C=O) groups is 2. The number of hydrogen-bond acceptors (Lipinski definition) is 4. The summed E-state index contributed by atoms with van der Waals surface area (Å²) in [6.45, 7) is 6.99. The Morgan fingerprint density at radius 3 is 2.21 bits per heavy atom. The topological polar surface area (TPSA) is 69.4 Å². The number of hydrogen-bond donors (Lipinski definition) is 1. The quantitative estimate of drug-likeness (QED) is 0.398. The molecule has 2 N–H and O–H groups in total. The molecule has 0 rings (SSSR count). The minimum Gasteiger partial charge on any atom is -0.373 e. The Balaban J connectivity index is 4.95. The molecule has 4 heteroatoms. The van der Waals surface area contributed by atoms with Gasteiger partial charge in [0.05, 0.1) is 0 Å². The second-order valence-electron chi connectivity index (χ2n) is 3.11. The molecule has 0 bridgehead atoms. The number of ketones is 1. The zero-order chi connectivity index (χ0) is 11.2. The fraction of sp³-hybridized carbons (Fsp3) is 0.600. The van der Waals surface area contributed by atoms with E-state index in [1.807, 2.05) is 0 Å². The van der Waals surface area contributed by atoms with Crippen molar-refractivity contribution >= 4 is 11.8 Å². The van der Waals surface area contributed by atoms with Gasteiger partial charge >= 0.3 is 5.97 Å². The van der Waals surface area contributed by atoms with Gasteiger partial charge in [0.15, 0.2) is 5.78 Å². The lowest BCUT2D eigenvalue weighted by molar-refractivity contribution is -0.161. The van der Waals surface area contributed by atoms with Gasteiger partial charge in [-0.05, 0) is 12.8 Å². The van der Waals surface area contributed by atoms with Crippen molar-refractivity contribution < 1.29 is 14.4 Å². The number of allylic oxidation sites excluding steroid dienone is 1. The van der Waals surface area contributed by atoms with Gasteiger partial charge in [0.25, 0.3) is 0 Å². The zero-order valence-electron chi connectivity index (χ0n) is 8.71. The van der Waals surface area contributed by atoms with Crippen LogP contribution in [0.25, 0.3) is 0 Å². The number of Topliss-reactive ketones (excluding diaryl/α,β-unsaturated/α-hetero) is 1. The summed E-state index contributed by atoms with van der Waals surface area (Å²) in [7, 11) is 0. The Hall–Kier alpha value is -1.16. The van der Waals surface area contributed by atoms with E-state index in [1.54, 1.807) is 13.8 Å². The van der Waals surface area contributed by atoms with Crippen molar-refractivity contribution in [2.75, 3.05) is 0 Å². The summed E-state index contributed by atoms with van der Waals surface area (Å²) < 4.78 is 0. The van der Waals surface area contributed by atoms with Crippen molar-refractivity contribution in [1.82, 2.24) is 0 Å². The lowest BCUT2D eigenvalue weighted by Crippen LogP contribution is -2.40. The van der Waals surface area contributed by atoms with Crippen molar-refractivity contribution in [1.29, 1.82) is 0 Å². The molecular weight excluding hydrogens is 182 g/mol. The Labute approximate surface area is 84.1 Å². The fourth-order valence-electron chi connectivity index (χ4n) is 1.49. The molecule has 0 unspecified atom stereocenters. The van der Waals surface area contributed by atoms with E-state index in [1.165, 1.54) is 6.08 Å². The Morgan fingerprint density at radius 1 is 1.43 bits per heavy atom. The molecule has 0 saturated carbocycles. The van der Waals surface area contributed by atoms with Gasteiger partial charge in [-0.15, -0.1) is 6.58 Å². The first kappa shape index (κ1) is 12.8. The first-order valence-electron chi connectivity index (χ1n) is 4.64. The smallest absolute Gasteiger partial charge is 0.338 e. The molecule has 0 aromatic carbocycles. The molecule has 0 spiro atoms. The third-order valence-electron chi connectivity index (χ3n) is 2.57. The Kier molecular flexibility index (Phi) is 5.09. The SMILES string of the molecule is C=CCC(=O)C(CC)(CC)C(=O)ON. The highest BCUT2D eigenvalue weighted by molar-refractivity contribution is 6.04. The second-order valence-corrected chi connectivity index (χ2v) is 3.11. The van der Waals surface area contributed by atoms with Crippen LogP contribution in [0.1, 0.15) is 33.1 Å². The molecular formula is C10H17NO3. The van der Waals surface area contributed by atoms with E-state index in [-0.39, 0.29) is 12.2 Å². The largest absolute Gasteiger partial charge is 0.373 e. The highest BCUT2D eigenvalue weighted by Gasteiger charge is 2.42. The minimum absolute atomic E-state index is 0.163. The van der Waals surface area contributed by atoms with Crippen LogP contribution < -0.4 is 5.90 Å². The first-order chi connectivity index (χ1) is 6.58. The summed E-state index contributed by atoms with van der Waals surface area (Å²) >= 11 is 0. The lowest BCUT2D eigenvalue weighted by atomic mass is 9.77. The predicted octanol–water partition coefficient (Wildman–Crippen LogP) is 1.35. The van der Waals surface area contributed by atoms with Gasteiger partial charge in [-0.2, -0.15) is 5.90 Å². The highest BCUT2D eigenvalue weighted by atomic mass is 16.7. The number of nitrogens with two attached hydrogens (primary N) is 1. The summed E-state index contributed by atoms with van der Waals surface area (Å²) in [5.74, 6) is 3.97. The van der Waals surface area contributed by atoms with E-state index in [2.05, 4.69) is 11.4 Å². The predicted molar refractivity (Wildman–Crippen MR) is 53.1 cm³/mol. The fourth-order valence-corrected chi connectivity index (χ4v) is 1.49. The normalized spacial score (nSPS) is 10.8. The van der Waals surface area contributed by atoms with Crippen molar-refractivity contribution in [3.8, 4) is 0 Å². The monoisotopic (exact) mass is 199 g/mol. The minimum atomic E-state index is -1.09. The number of carbonyl (C=O) groups excluding carboxylic acids is 2. The maximum Gasteiger partial charge on any atom is 0.338 e. The molecule has 0 saturated heterocycles. The molecule has 0 amide bonds. The van der Waals surface area contributed by atoms with Gasteiger partial charge in [-0.3, -0.25) is 4.79 Å². The number of rotatable bonds is 6. The van der Waals surface area contributed by atoms with Gasteiger partial charge in [0.2, 0.25) is 0 Å². The standard InChI is InChI=1S/C10H17NO3/c1-4-7-8(12)10(5-2,6-3)9(13)14-11/h4H,1,5-7,11H2,2-3H3. The molecule has 0 atom stereocenters. The summed E-state index contributed by atoms with van der Waals surface area (Å²) in [5, 5.41) is 0. The van der Waals surface area contributed by atoms with Gasteiger partial charge in [-0.25, -0.2) is 4.79 Å². The van der Waals surface area contributed by atoms with Crippen LogP contribution in [0.5, 0.6) is 0 Å². The molecule has 0 fully saturated rings. The van der Waals surface area contributed by atoms with Crippen LogP contribution in [0.2, 0.25) is 0 Å². The van der Waals surface area contributed by atoms with Crippen molar-refractivity contribution in [2.24, 2.45) is 11.3 Å². The average Bonchev–Trinajstić information content (AvgIpc) is 2.20. The molecule has 14 heavy (non-hydrogen) atoms. The third kappa shape index (κ3) is 2.20. The van der Waals surface area contributed by atoms with Crippen LogP contribution in [0, 0.1) is 5.41 Å². The molecule has 0 aliphatic rings. The zero-order valence-corrected chi connectivity index (χ0v) is 8.71. The molecule has 4 nitrogen and oxygen atoms in total.